The van der Waals surface area contributed by atoms with E-state index in [1.165, 1.54) is 0 Å². The molecule has 0 aliphatic carbocycles. The zero-order chi connectivity index (χ0) is 17.4. The van der Waals surface area contributed by atoms with Crippen LogP contribution < -0.4 is 0 Å². The van der Waals surface area contributed by atoms with Crippen LogP contribution in [0, 0.1) is 0 Å². The minimum atomic E-state index is -0.393. The first-order valence-corrected chi connectivity index (χ1v) is 9.08. The number of hydrogen-bond donors (Lipinski definition) is 0. The zero-order valence-electron chi connectivity index (χ0n) is 13.7. The molecule has 1 aliphatic heterocycles. The number of carbonyl (C=O) groups excluding carboxylic acids is 1. The summed E-state index contributed by atoms with van der Waals surface area (Å²) in [6, 6.07) is 15.1. The number of carbonyl (C=O) groups is 1. The summed E-state index contributed by atoms with van der Waals surface area (Å²) < 4.78 is 2.91. The van der Waals surface area contributed by atoms with Crippen LogP contribution in [-0.2, 0) is 17.9 Å². The molecule has 2 aromatic carbocycles. The topological polar surface area (TPSA) is 38.1 Å². The third-order valence-electron chi connectivity index (χ3n) is 4.37. The second-order valence-electron chi connectivity index (χ2n) is 6.07. The van der Waals surface area contributed by atoms with Gasteiger partial charge in [-0.3, -0.25) is 4.79 Å². The molecule has 0 saturated carbocycles. The van der Waals surface area contributed by atoms with Crippen molar-refractivity contribution in [1.29, 1.82) is 0 Å². The highest BCUT2D eigenvalue weighted by Gasteiger charge is 2.34. The van der Waals surface area contributed by atoms with Gasteiger partial charge in [0.1, 0.15) is 6.04 Å². The molecule has 3 aromatic rings. The second-order valence-corrected chi connectivity index (χ2v) is 7.42. The van der Waals surface area contributed by atoms with E-state index < -0.39 is 6.04 Å². The predicted octanol–water partition coefficient (Wildman–Crippen LogP) is 4.85. The van der Waals surface area contributed by atoms with Crippen LogP contribution in [0.25, 0.3) is 0 Å². The molecule has 4 rings (SSSR count). The highest BCUT2D eigenvalue weighted by Crippen LogP contribution is 2.30. The molecular formula is C19H16BrCl2N3O. The van der Waals surface area contributed by atoms with E-state index in [9.17, 15) is 4.79 Å². The summed E-state index contributed by atoms with van der Waals surface area (Å²) in [6.07, 6.45) is 3.56. The largest absolute Gasteiger partial charge is 0.330 e. The molecule has 26 heavy (non-hydrogen) atoms. The van der Waals surface area contributed by atoms with Gasteiger partial charge >= 0.3 is 0 Å². The standard InChI is InChI=1S/C19H15BrClN3O.ClH/c20-15-3-1-2-14(8-15)18-19(25)23(11-17-9-22-12-24(17)18)10-13-4-6-16(21)7-5-13;/h1-9,12,18H,10-11H2;1H. The molecular weight excluding hydrogens is 437 g/mol. The third-order valence-corrected chi connectivity index (χ3v) is 5.12. The minimum Gasteiger partial charge on any atom is -0.330 e. The maximum Gasteiger partial charge on any atom is 0.250 e. The zero-order valence-corrected chi connectivity index (χ0v) is 16.8. The molecule has 1 atom stereocenters. The first kappa shape index (κ1) is 19.0. The van der Waals surface area contributed by atoms with Crippen molar-refractivity contribution < 1.29 is 4.79 Å². The highest BCUT2D eigenvalue weighted by molar-refractivity contribution is 9.10. The summed E-state index contributed by atoms with van der Waals surface area (Å²) in [4.78, 5) is 19.3. The Kier molecular flexibility index (Phi) is 5.70. The highest BCUT2D eigenvalue weighted by atomic mass is 79.9. The van der Waals surface area contributed by atoms with Crippen molar-refractivity contribution in [2.45, 2.75) is 19.1 Å². The smallest absolute Gasteiger partial charge is 0.250 e. The lowest BCUT2D eigenvalue weighted by atomic mass is 10.0. The molecule has 2 heterocycles. The van der Waals surface area contributed by atoms with Crippen LogP contribution >= 0.6 is 39.9 Å². The van der Waals surface area contributed by atoms with Gasteiger partial charge < -0.3 is 9.47 Å². The lowest BCUT2D eigenvalue weighted by molar-refractivity contribution is -0.136. The molecule has 1 aliphatic rings. The number of imidazole rings is 1. The summed E-state index contributed by atoms with van der Waals surface area (Å²) >= 11 is 9.45. The van der Waals surface area contributed by atoms with Gasteiger partial charge in [-0.1, -0.05) is 51.8 Å². The summed E-state index contributed by atoms with van der Waals surface area (Å²) in [7, 11) is 0. The van der Waals surface area contributed by atoms with Crippen LogP contribution in [0.15, 0.2) is 65.5 Å². The third kappa shape index (κ3) is 3.65. The van der Waals surface area contributed by atoms with Gasteiger partial charge in [0.25, 0.3) is 5.91 Å². The Labute approximate surface area is 171 Å². The van der Waals surface area contributed by atoms with Crippen LogP contribution in [0.5, 0.6) is 0 Å². The Balaban J connectivity index is 0.00000196. The van der Waals surface area contributed by atoms with Gasteiger partial charge in [-0.2, -0.15) is 0 Å². The summed E-state index contributed by atoms with van der Waals surface area (Å²) in [6.45, 7) is 1.09. The summed E-state index contributed by atoms with van der Waals surface area (Å²) in [5, 5.41) is 0.693. The van der Waals surface area contributed by atoms with Crippen LogP contribution in [0.3, 0.4) is 0 Å². The molecule has 0 bridgehead atoms. The van der Waals surface area contributed by atoms with Crippen LogP contribution in [0.4, 0.5) is 0 Å². The maximum atomic E-state index is 13.2. The van der Waals surface area contributed by atoms with E-state index in [1.807, 2.05) is 64.2 Å². The van der Waals surface area contributed by atoms with Gasteiger partial charge in [-0.25, -0.2) is 4.98 Å². The molecule has 0 radical (unpaired) electrons. The van der Waals surface area contributed by atoms with E-state index in [1.54, 1.807) is 6.33 Å². The van der Waals surface area contributed by atoms with E-state index >= 15 is 0 Å². The first-order valence-electron chi connectivity index (χ1n) is 7.91. The Bertz CT molecular complexity index is 927. The minimum absolute atomic E-state index is 0. The Morgan fingerprint density at radius 2 is 1.96 bits per heavy atom. The van der Waals surface area contributed by atoms with Gasteiger partial charge in [0.15, 0.2) is 0 Å². The van der Waals surface area contributed by atoms with E-state index in [0.29, 0.717) is 18.1 Å². The van der Waals surface area contributed by atoms with Gasteiger partial charge in [-0.05, 0) is 35.4 Å². The van der Waals surface area contributed by atoms with Crippen LogP contribution in [0.2, 0.25) is 5.02 Å². The lowest BCUT2D eigenvalue weighted by Gasteiger charge is -2.34. The van der Waals surface area contributed by atoms with E-state index in [4.69, 9.17) is 11.6 Å². The molecule has 0 saturated heterocycles. The molecule has 4 nitrogen and oxygen atoms in total. The SMILES string of the molecule is Cl.O=C1C(c2cccc(Br)c2)n2cncc2CN1Cc1ccc(Cl)cc1. The van der Waals surface area contributed by atoms with E-state index in [0.717, 1.165) is 21.3 Å². The molecule has 0 N–H and O–H groups in total. The van der Waals surface area contributed by atoms with E-state index in [-0.39, 0.29) is 18.3 Å². The van der Waals surface area contributed by atoms with Crippen molar-refractivity contribution >= 4 is 45.8 Å². The Hall–Kier alpha value is -1.82. The fourth-order valence-electron chi connectivity index (χ4n) is 3.18. The number of benzene rings is 2. The van der Waals surface area contributed by atoms with Crippen molar-refractivity contribution in [1.82, 2.24) is 14.5 Å². The summed E-state index contributed by atoms with van der Waals surface area (Å²) in [5.74, 6) is 0.0681. The predicted molar refractivity (Wildman–Crippen MR) is 107 cm³/mol. The fourth-order valence-corrected chi connectivity index (χ4v) is 3.72. The molecule has 0 fully saturated rings. The number of hydrogen-bond acceptors (Lipinski definition) is 2. The van der Waals surface area contributed by atoms with E-state index in [2.05, 4.69) is 20.9 Å². The summed E-state index contributed by atoms with van der Waals surface area (Å²) in [5.41, 5.74) is 3.02. The number of amides is 1. The molecule has 1 unspecified atom stereocenters. The van der Waals surface area contributed by atoms with Crippen molar-refractivity contribution in [3.05, 3.63) is 87.4 Å². The average Bonchev–Trinajstić information content (AvgIpc) is 3.05. The molecule has 7 heteroatoms. The number of halogens is 3. The fraction of sp³-hybridized carbons (Fsp3) is 0.158. The quantitative estimate of drug-likeness (QED) is 0.569. The number of rotatable bonds is 3. The second kappa shape index (κ2) is 7.82. The van der Waals surface area contributed by atoms with Gasteiger partial charge in [0.2, 0.25) is 0 Å². The number of nitrogens with zero attached hydrogens (tertiary/aromatic N) is 3. The molecule has 1 amide bonds. The van der Waals surface area contributed by atoms with Gasteiger partial charge in [0.05, 0.1) is 18.6 Å². The van der Waals surface area contributed by atoms with Crippen LogP contribution in [0.1, 0.15) is 22.9 Å². The first-order chi connectivity index (χ1) is 12.1. The van der Waals surface area contributed by atoms with Crippen molar-refractivity contribution in [2.24, 2.45) is 0 Å². The maximum absolute atomic E-state index is 13.2. The van der Waals surface area contributed by atoms with Crippen molar-refractivity contribution in [2.75, 3.05) is 0 Å². The average molecular weight is 453 g/mol. The Morgan fingerprint density at radius 1 is 1.19 bits per heavy atom. The number of fused-ring (bicyclic) bond motifs is 1. The van der Waals surface area contributed by atoms with Crippen molar-refractivity contribution in [3.63, 3.8) is 0 Å². The lowest BCUT2D eigenvalue weighted by Crippen LogP contribution is -2.42. The molecule has 0 spiro atoms. The Morgan fingerprint density at radius 3 is 2.69 bits per heavy atom. The molecule has 134 valence electrons. The normalized spacial score (nSPS) is 16.2. The monoisotopic (exact) mass is 451 g/mol. The van der Waals surface area contributed by atoms with Crippen molar-refractivity contribution in [3.8, 4) is 0 Å². The molecule has 1 aromatic heterocycles. The van der Waals surface area contributed by atoms with Gasteiger partial charge in [0, 0.05) is 22.2 Å². The number of aromatic nitrogens is 2. The van der Waals surface area contributed by atoms with Gasteiger partial charge in [-0.15, -0.1) is 12.4 Å². The van der Waals surface area contributed by atoms with Crippen LogP contribution in [-0.4, -0.2) is 20.4 Å².